The Morgan fingerprint density at radius 2 is 1.15 bits per heavy atom. The summed E-state index contributed by atoms with van der Waals surface area (Å²) in [4.78, 5) is 4.51. The van der Waals surface area contributed by atoms with Gasteiger partial charge in [-0.25, -0.2) is 0 Å². The van der Waals surface area contributed by atoms with E-state index in [0.717, 1.165) is 50.7 Å². The smallest absolute Gasteiger partial charge is 0.140 e. The first-order chi connectivity index (χ1) is 16.3. The van der Waals surface area contributed by atoms with Gasteiger partial charge in [-0.05, 0) is 53.6 Å². The Hall–Kier alpha value is -3.94. The lowest BCUT2D eigenvalue weighted by molar-refractivity contribution is 0.467. The predicted octanol–water partition coefficient (Wildman–Crippen LogP) is 6.39. The summed E-state index contributed by atoms with van der Waals surface area (Å²) in [5.41, 5.74) is 4.21. The van der Waals surface area contributed by atoms with Crippen molar-refractivity contribution in [3.05, 3.63) is 109 Å². The second-order valence-electron chi connectivity index (χ2n) is 8.09. The average Bonchev–Trinajstić information content (AvgIpc) is 2.89. The molecule has 7 rings (SSSR count). The molecule has 2 aliphatic heterocycles. The van der Waals surface area contributed by atoms with Crippen molar-refractivity contribution in [2.45, 2.75) is 0 Å². The predicted molar refractivity (Wildman–Crippen MR) is 134 cm³/mol. The van der Waals surface area contributed by atoms with Gasteiger partial charge in [0.15, 0.2) is 0 Å². The highest BCUT2D eigenvalue weighted by Crippen LogP contribution is 2.53. The fourth-order valence-corrected chi connectivity index (χ4v) is 7.13. The molecule has 4 heteroatoms. The zero-order valence-electron chi connectivity index (χ0n) is 17.6. The first-order valence-corrected chi connectivity index (χ1v) is 12.2. The number of para-hydroxylation sites is 2. The lowest BCUT2D eigenvalue weighted by Gasteiger charge is -2.34. The fraction of sp³-hybridized carbons (Fsp3) is 0. The Balaban J connectivity index is 1.42. The minimum atomic E-state index is -0.735. The van der Waals surface area contributed by atoms with Gasteiger partial charge >= 0.3 is 0 Å². The Morgan fingerprint density at radius 1 is 0.515 bits per heavy atom. The van der Waals surface area contributed by atoms with Crippen molar-refractivity contribution in [3.8, 4) is 45.4 Å². The van der Waals surface area contributed by atoms with E-state index in [4.69, 9.17) is 9.47 Å². The summed E-state index contributed by atoms with van der Waals surface area (Å²) in [6.07, 6.45) is 1.82. The Bertz CT molecular complexity index is 1460. The molecule has 156 valence electrons. The molecule has 3 heterocycles. The highest BCUT2D eigenvalue weighted by Gasteiger charge is 2.37. The van der Waals surface area contributed by atoms with E-state index in [1.807, 2.05) is 36.5 Å². The van der Waals surface area contributed by atoms with Crippen molar-refractivity contribution in [2.24, 2.45) is 0 Å². The van der Waals surface area contributed by atoms with Crippen molar-refractivity contribution < 1.29 is 9.47 Å². The standard InChI is InChI=1S/C29H18NO2P/c1-3-13-27-23(11-1)31-25-17-21(19-8-7-9-20(16-19)22-10-5-6-15-30-22)18-26-29(25)33(27)28-14-4-2-12-24(28)32-26/h1-18H. The van der Waals surface area contributed by atoms with Gasteiger partial charge in [0.2, 0.25) is 0 Å². The number of aromatic nitrogens is 1. The first kappa shape index (κ1) is 18.6. The van der Waals surface area contributed by atoms with Gasteiger partial charge in [0, 0.05) is 30.3 Å². The van der Waals surface area contributed by atoms with Crippen molar-refractivity contribution in [3.63, 3.8) is 0 Å². The summed E-state index contributed by atoms with van der Waals surface area (Å²) in [5.74, 6) is 3.62. The van der Waals surface area contributed by atoms with Gasteiger partial charge in [-0.2, -0.15) is 0 Å². The van der Waals surface area contributed by atoms with Crippen LogP contribution in [0.15, 0.2) is 109 Å². The lowest BCUT2D eigenvalue weighted by atomic mass is 10.0. The second-order valence-corrected chi connectivity index (χ2v) is 10.2. The van der Waals surface area contributed by atoms with Crippen LogP contribution in [-0.2, 0) is 0 Å². The molecule has 4 aromatic carbocycles. The van der Waals surface area contributed by atoms with Gasteiger partial charge in [-0.15, -0.1) is 0 Å². The zero-order valence-corrected chi connectivity index (χ0v) is 18.5. The van der Waals surface area contributed by atoms with Crippen LogP contribution in [0.5, 0.6) is 23.0 Å². The van der Waals surface area contributed by atoms with E-state index >= 15 is 0 Å². The minimum absolute atomic E-state index is 0.735. The van der Waals surface area contributed by atoms with Crippen LogP contribution in [0.4, 0.5) is 0 Å². The molecule has 33 heavy (non-hydrogen) atoms. The number of benzene rings is 4. The van der Waals surface area contributed by atoms with Crippen molar-refractivity contribution in [1.29, 1.82) is 0 Å². The monoisotopic (exact) mass is 443 g/mol. The van der Waals surface area contributed by atoms with E-state index in [-0.39, 0.29) is 0 Å². The average molecular weight is 443 g/mol. The molecule has 0 bridgehead atoms. The molecular weight excluding hydrogens is 425 g/mol. The number of ether oxygens (including phenoxy) is 2. The third kappa shape index (κ3) is 2.97. The molecule has 0 radical (unpaired) electrons. The molecule has 0 saturated heterocycles. The number of pyridine rings is 1. The Labute approximate surface area is 193 Å². The van der Waals surface area contributed by atoms with Gasteiger partial charge in [0.05, 0.1) is 11.0 Å². The number of nitrogens with zero attached hydrogens (tertiary/aromatic N) is 1. The van der Waals surface area contributed by atoms with Crippen LogP contribution in [-0.4, -0.2) is 4.98 Å². The van der Waals surface area contributed by atoms with E-state index < -0.39 is 7.92 Å². The Kier molecular flexibility index (Phi) is 4.12. The summed E-state index contributed by atoms with van der Waals surface area (Å²) in [6.45, 7) is 0. The van der Waals surface area contributed by atoms with Gasteiger partial charge < -0.3 is 9.47 Å². The largest absolute Gasteiger partial charge is 0.456 e. The van der Waals surface area contributed by atoms with Crippen LogP contribution >= 0.6 is 7.92 Å². The number of fused-ring (bicyclic) bond motifs is 4. The highest BCUT2D eigenvalue weighted by molar-refractivity contribution is 7.80. The number of hydrogen-bond acceptors (Lipinski definition) is 3. The van der Waals surface area contributed by atoms with Crippen LogP contribution in [0, 0.1) is 0 Å². The maximum Gasteiger partial charge on any atom is 0.140 e. The third-order valence-electron chi connectivity index (χ3n) is 6.07. The van der Waals surface area contributed by atoms with Gasteiger partial charge in [-0.3, -0.25) is 4.98 Å². The van der Waals surface area contributed by atoms with E-state index in [1.54, 1.807) is 0 Å². The summed E-state index contributed by atoms with van der Waals surface area (Å²) >= 11 is 0. The maximum absolute atomic E-state index is 6.44. The van der Waals surface area contributed by atoms with Gasteiger partial charge in [0.25, 0.3) is 0 Å². The SMILES string of the molecule is c1ccc(-c2cccc(-c3cc4c5c(c3)Oc3ccccc3P5c3ccccc3O4)c2)nc1. The van der Waals surface area contributed by atoms with E-state index in [9.17, 15) is 0 Å². The normalized spacial score (nSPS) is 13.2. The molecule has 0 fully saturated rings. The van der Waals surface area contributed by atoms with Crippen molar-refractivity contribution in [2.75, 3.05) is 0 Å². The van der Waals surface area contributed by atoms with E-state index in [0.29, 0.717) is 0 Å². The molecule has 2 aliphatic rings. The van der Waals surface area contributed by atoms with Crippen LogP contribution < -0.4 is 25.4 Å². The molecule has 5 aromatic rings. The zero-order chi connectivity index (χ0) is 21.8. The summed E-state index contributed by atoms with van der Waals surface area (Å²) in [7, 11) is -0.735. The lowest BCUT2D eigenvalue weighted by Crippen LogP contribution is -2.31. The van der Waals surface area contributed by atoms with Crippen molar-refractivity contribution >= 4 is 23.8 Å². The van der Waals surface area contributed by atoms with Gasteiger partial charge in [-0.1, -0.05) is 60.7 Å². The molecule has 0 N–H and O–H groups in total. The van der Waals surface area contributed by atoms with Crippen LogP contribution in [0.1, 0.15) is 0 Å². The quantitative estimate of drug-likeness (QED) is 0.290. The van der Waals surface area contributed by atoms with Crippen molar-refractivity contribution in [1.82, 2.24) is 4.98 Å². The fourth-order valence-electron chi connectivity index (χ4n) is 4.58. The molecule has 1 aromatic heterocycles. The molecular formula is C29H18NO2P. The third-order valence-corrected chi connectivity index (χ3v) is 8.66. The van der Waals surface area contributed by atoms with E-state index in [1.165, 1.54) is 10.6 Å². The van der Waals surface area contributed by atoms with Crippen LogP contribution in [0.3, 0.4) is 0 Å². The summed E-state index contributed by atoms with van der Waals surface area (Å²) < 4.78 is 12.9. The summed E-state index contributed by atoms with van der Waals surface area (Å²) in [5, 5.41) is 3.64. The topological polar surface area (TPSA) is 31.4 Å². The molecule has 0 amide bonds. The Morgan fingerprint density at radius 3 is 1.82 bits per heavy atom. The second kappa shape index (κ2) is 7.30. The molecule has 0 saturated carbocycles. The first-order valence-electron chi connectivity index (χ1n) is 10.9. The minimum Gasteiger partial charge on any atom is -0.456 e. The van der Waals surface area contributed by atoms with Crippen LogP contribution in [0.25, 0.3) is 22.4 Å². The molecule has 3 nitrogen and oxygen atoms in total. The number of rotatable bonds is 2. The molecule has 0 aliphatic carbocycles. The number of hydrogen-bond donors (Lipinski definition) is 0. The molecule has 0 atom stereocenters. The van der Waals surface area contributed by atoms with E-state index in [2.05, 4.69) is 77.8 Å². The molecule has 0 unspecified atom stereocenters. The maximum atomic E-state index is 6.44. The highest BCUT2D eigenvalue weighted by atomic mass is 31.1. The van der Waals surface area contributed by atoms with Gasteiger partial charge in [0.1, 0.15) is 23.0 Å². The summed E-state index contributed by atoms with van der Waals surface area (Å²) in [6, 6.07) is 35.5. The molecule has 0 spiro atoms. The van der Waals surface area contributed by atoms with Crippen LogP contribution in [0.2, 0.25) is 0 Å².